The monoisotopic (exact) mass is 450 g/mol. The summed E-state index contributed by atoms with van der Waals surface area (Å²) >= 11 is 7.10. The highest BCUT2D eigenvalue weighted by Crippen LogP contribution is 2.35. The molecule has 0 aliphatic heterocycles. The van der Waals surface area contributed by atoms with Gasteiger partial charge >= 0.3 is 0 Å². The molecule has 0 aliphatic carbocycles. The minimum atomic E-state index is -0.525. The molecule has 2 amide bonds. The molecule has 0 aliphatic rings. The maximum absolute atomic E-state index is 13.3. The van der Waals surface area contributed by atoms with Gasteiger partial charge in [0.1, 0.15) is 11.1 Å². The highest BCUT2D eigenvalue weighted by molar-refractivity contribution is 8.00. The zero-order chi connectivity index (χ0) is 22.5. The Kier molecular flexibility index (Phi) is 6.95. The summed E-state index contributed by atoms with van der Waals surface area (Å²) in [5.74, 6) is -0.939. The lowest BCUT2D eigenvalue weighted by Crippen LogP contribution is -2.18. The van der Waals surface area contributed by atoms with E-state index in [4.69, 9.17) is 17.3 Å². The second-order valence-electron chi connectivity index (χ2n) is 6.77. The van der Waals surface area contributed by atoms with Crippen LogP contribution in [0, 0.1) is 25.2 Å². The molecule has 1 heterocycles. The van der Waals surface area contributed by atoms with Crippen molar-refractivity contribution in [2.45, 2.75) is 18.9 Å². The summed E-state index contributed by atoms with van der Waals surface area (Å²) in [5.41, 5.74) is 8.83. The van der Waals surface area contributed by atoms with Crippen LogP contribution in [-0.4, -0.2) is 22.6 Å². The summed E-state index contributed by atoms with van der Waals surface area (Å²) in [6.07, 6.45) is 0. The lowest BCUT2D eigenvalue weighted by Gasteiger charge is -2.17. The molecular weight excluding hydrogens is 432 g/mol. The maximum Gasteiger partial charge on any atom is 0.258 e. The SMILES string of the molecule is Cc1ccccc1NC(=O)c1c(C)nc(SCC(N)=O)c(C#N)c1-c1ccc(Cl)cc1. The van der Waals surface area contributed by atoms with E-state index < -0.39 is 5.91 Å². The Labute approximate surface area is 189 Å². The van der Waals surface area contributed by atoms with E-state index in [1.54, 1.807) is 37.3 Å². The van der Waals surface area contributed by atoms with Gasteiger partial charge in [-0.1, -0.05) is 53.7 Å². The Bertz CT molecular complexity index is 1200. The van der Waals surface area contributed by atoms with Crippen LogP contribution >= 0.6 is 23.4 Å². The molecular formula is C23H19ClN4O2S. The van der Waals surface area contributed by atoms with E-state index in [1.807, 2.05) is 25.1 Å². The summed E-state index contributed by atoms with van der Waals surface area (Å²) in [4.78, 5) is 29.0. The van der Waals surface area contributed by atoms with Crippen molar-refractivity contribution >= 4 is 40.9 Å². The molecule has 6 nitrogen and oxygen atoms in total. The van der Waals surface area contributed by atoms with Gasteiger partial charge in [-0.25, -0.2) is 4.98 Å². The van der Waals surface area contributed by atoms with E-state index in [9.17, 15) is 14.9 Å². The van der Waals surface area contributed by atoms with Gasteiger partial charge in [0.2, 0.25) is 5.91 Å². The second kappa shape index (κ2) is 9.65. The van der Waals surface area contributed by atoms with Crippen LogP contribution in [0.5, 0.6) is 0 Å². The number of amides is 2. The number of aromatic nitrogens is 1. The van der Waals surface area contributed by atoms with E-state index in [1.165, 1.54) is 0 Å². The van der Waals surface area contributed by atoms with Crippen molar-refractivity contribution in [2.75, 3.05) is 11.1 Å². The first kappa shape index (κ1) is 22.3. The van der Waals surface area contributed by atoms with Crippen molar-refractivity contribution in [2.24, 2.45) is 5.73 Å². The van der Waals surface area contributed by atoms with Gasteiger partial charge in [0, 0.05) is 16.3 Å². The van der Waals surface area contributed by atoms with Gasteiger partial charge in [-0.15, -0.1) is 0 Å². The fraction of sp³-hybridized carbons (Fsp3) is 0.130. The third-order valence-corrected chi connectivity index (χ3v) is 5.81. The van der Waals surface area contributed by atoms with Crippen LogP contribution in [0.1, 0.15) is 27.2 Å². The Morgan fingerprint density at radius 3 is 2.45 bits per heavy atom. The molecule has 2 aromatic carbocycles. The van der Waals surface area contributed by atoms with E-state index in [0.717, 1.165) is 17.3 Å². The van der Waals surface area contributed by atoms with Crippen molar-refractivity contribution < 1.29 is 9.59 Å². The molecule has 0 fully saturated rings. The third-order valence-electron chi connectivity index (χ3n) is 4.56. The number of hydrogen-bond donors (Lipinski definition) is 2. The van der Waals surface area contributed by atoms with Gasteiger partial charge in [0.15, 0.2) is 0 Å². The number of rotatable bonds is 6. The van der Waals surface area contributed by atoms with Crippen LogP contribution in [0.3, 0.4) is 0 Å². The highest BCUT2D eigenvalue weighted by atomic mass is 35.5. The summed E-state index contributed by atoms with van der Waals surface area (Å²) in [6, 6.07) is 16.4. The number of nitrogens with zero attached hydrogens (tertiary/aromatic N) is 2. The number of halogens is 1. The Morgan fingerprint density at radius 2 is 1.84 bits per heavy atom. The number of aryl methyl sites for hydroxylation is 2. The first-order valence-electron chi connectivity index (χ1n) is 9.30. The fourth-order valence-corrected chi connectivity index (χ4v) is 4.00. The van der Waals surface area contributed by atoms with Crippen LogP contribution in [-0.2, 0) is 4.79 Å². The van der Waals surface area contributed by atoms with Crippen molar-refractivity contribution in [3.8, 4) is 17.2 Å². The average Bonchev–Trinajstić information content (AvgIpc) is 2.73. The molecule has 8 heteroatoms. The zero-order valence-electron chi connectivity index (χ0n) is 16.9. The smallest absolute Gasteiger partial charge is 0.258 e. The van der Waals surface area contributed by atoms with E-state index in [2.05, 4.69) is 16.4 Å². The Hall–Kier alpha value is -3.34. The summed E-state index contributed by atoms with van der Waals surface area (Å²) in [6.45, 7) is 3.59. The highest BCUT2D eigenvalue weighted by Gasteiger charge is 2.25. The van der Waals surface area contributed by atoms with Crippen molar-refractivity contribution in [1.82, 2.24) is 4.98 Å². The molecule has 3 aromatic rings. The minimum Gasteiger partial charge on any atom is -0.369 e. The standard InChI is InChI=1S/C23H19ClN4O2S/c1-13-5-3-4-6-18(13)28-22(30)20-14(2)27-23(31-12-19(26)29)17(11-25)21(20)15-7-9-16(24)10-8-15/h3-10H,12H2,1-2H3,(H2,26,29)(H,28,30). The predicted molar refractivity (Wildman–Crippen MR) is 123 cm³/mol. The molecule has 156 valence electrons. The molecule has 3 N–H and O–H groups in total. The fourth-order valence-electron chi connectivity index (χ4n) is 3.11. The molecule has 0 radical (unpaired) electrons. The number of thioether (sulfide) groups is 1. The minimum absolute atomic E-state index is 0.0318. The van der Waals surface area contributed by atoms with Crippen molar-refractivity contribution in [3.05, 3.63) is 75.9 Å². The number of anilines is 1. The normalized spacial score (nSPS) is 10.4. The number of nitrogens with one attached hydrogen (secondary N) is 1. The topological polar surface area (TPSA) is 109 Å². The number of primary amides is 1. The number of carbonyl (C=O) groups is 2. The van der Waals surface area contributed by atoms with Crippen LogP contribution in [0.4, 0.5) is 5.69 Å². The number of hydrogen-bond acceptors (Lipinski definition) is 5. The molecule has 0 saturated heterocycles. The lowest BCUT2D eigenvalue weighted by atomic mass is 9.94. The molecule has 0 saturated carbocycles. The van der Waals surface area contributed by atoms with Gasteiger partial charge in [-0.05, 0) is 43.2 Å². The number of pyridine rings is 1. The maximum atomic E-state index is 13.3. The first-order valence-corrected chi connectivity index (χ1v) is 10.7. The molecule has 1 aromatic heterocycles. The number of nitrogens with two attached hydrogens (primary N) is 1. The molecule has 0 spiro atoms. The van der Waals surface area contributed by atoms with Crippen LogP contribution < -0.4 is 11.1 Å². The van der Waals surface area contributed by atoms with Gasteiger partial charge in [0.25, 0.3) is 5.91 Å². The number of carbonyl (C=O) groups excluding carboxylic acids is 2. The second-order valence-corrected chi connectivity index (χ2v) is 8.17. The molecule has 3 rings (SSSR count). The van der Waals surface area contributed by atoms with Crippen molar-refractivity contribution in [1.29, 1.82) is 5.26 Å². The van der Waals surface area contributed by atoms with Crippen LogP contribution in [0.2, 0.25) is 5.02 Å². The molecule has 0 bridgehead atoms. The largest absolute Gasteiger partial charge is 0.369 e. The van der Waals surface area contributed by atoms with Crippen LogP contribution in [0.25, 0.3) is 11.1 Å². The lowest BCUT2D eigenvalue weighted by molar-refractivity contribution is -0.115. The Morgan fingerprint density at radius 1 is 1.16 bits per heavy atom. The summed E-state index contributed by atoms with van der Waals surface area (Å²) < 4.78 is 0. The van der Waals surface area contributed by atoms with Crippen LogP contribution in [0.15, 0.2) is 53.6 Å². The quantitative estimate of drug-likeness (QED) is 0.528. The van der Waals surface area contributed by atoms with E-state index >= 15 is 0 Å². The van der Waals surface area contributed by atoms with Gasteiger partial charge in [-0.3, -0.25) is 9.59 Å². The predicted octanol–water partition coefficient (Wildman–Crippen LogP) is 4.72. The molecule has 0 unspecified atom stereocenters. The zero-order valence-corrected chi connectivity index (χ0v) is 18.5. The third kappa shape index (κ3) is 5.05. The van der Waals surface area contributed by atoms with Gasteiger partial charge in [0.05, 0.1) is 22.6 Å². The van der Waals surface area contributed by atoms with Gasteiger partial charge in [-0.2, -0.15) is 5.26 Å². The number of nitriles is 1. The van der Waals surface area contributed by atoms with Crippen molar-refractivity contribution in [3.63, 3.8) is 0 Å². The van der Waals surface area contributed by atoms with Gasteiger partial charge < -0.3 is 11.1 Å². The molecule has 31 heavy (non-hydrogen) atoms. The molecule has 0 atom stereocenters. The van der Waals surface area contributed by atoms with E-state index in [0.29, 0.717) is 32.6 Å². The average molecular weight is 451 g/mol. The summed E-state index contributed by atoms with van der Waals surface area (Å²) in [7, 11) is 0. The Balaban J connectivity index is 2.20. The number of benzene rings is 2. The number of para-hydroxylation sites is 1. The van der Waals surface area contributed by atoms with E-state index in [-0.39, 0.29) is 22.8 Å². The summed E-state index contributed by atoms with van der Waals surface area (Å²) in [5, 5.41) is 13.7. The first-order chi connectivity index (χ1) is 14.8.